The third-order valence-corrected chi connectivity index (χ3v) is 3.19. The number of nitrogens with one attached hydrogen (secondary N) is 1. The van der Waals surface area contributed by atoms with Gasteiger partial charge >= 0.3 is 5.97 Å². The zero-order chi connectivity index (χ0) is 14.1. The second-order valence-corrected chi connectivity index (χ2v) is 5.64. The van der Waals surface area contributed by atoms with Crippen molar-refractivity contribution in [3.05, 3.63) is 11.1 Å². The third-order valence-electron chi connectivity index (χ3n) is 2.34. The average Bonchev–Trinajstić information content (AvgIpc) is 2.78. The van der Waals surface area contributed by atoms with Crippen molar-refractivity contribution >= 4 is 22.4 Å². The standard InChI is InChI=1S/C13H22N2O3S/c1-10(2)8-18-7-3-6-14-13-15-11(9-19-13)4-5-12(16)17/h9-10H,3-8H2,1-2H3,(H,14,15)(H,16,17). The number of thiazole rings is 1. The molecule has 1 heterocycles. The summed E-state index contributed by atoms with van der Waals surface area (Å²) in [6.45, 7) is 6.64. The van der Waals surface area contributed by atoms with Crippen LogP contribution in [-0.4, -0.2) is 35.8 Å². The fourth-order valence-corrected chi connectivity index (χ4v) is 2.20. The molecule has 6 heteroatoms. The van der Waals surface area contributed by atoms with Gasteiger partial charge in [0.15, 0.2) is 5.13 Å². The van der Waals surface area contributed by atoms with Gasteiger partial charge in [0.25, 0.3) is 0 Å². The van der Waals surface area contributed by atoms with Gasteiger partial charge in [0.05, 0.1) is 12.1 Å². The molecule has 0 spiro atoms. The van der Waals surface area contributed by atoms with E-state index in [0.717, 1.165) is 37.0 Å². The zero-order valence-corrected chi connectivity index (χ0v) is 12.3. The molecule has 1 aromatic heterocycles. The zero-order valence-electron chi connectivity index (χ0n) is 11.5. The Hall–Kier alpha value is -1.14. The van der Waals surface area contributed by atoms with E-state index < -0.39 is 5.97 Å². The van der Waals surface area contributed by atoms with E-state index in [-0.39, 0.29) is 6.42 Å². The topological polar surface area (TPSA) is 71.5 Å². The minimum absolute atomic E-state index is 0.131. The van der Waals surface area contributed by atoms with Crippen LogP contribution >= 0.6 is 11.3 Å². The number of carbonyl (C=O) groups is 1. The van der Waals surface area contributed by atoms with Crippen molar-refractivity contribution in [2.24, 2.45) is 5.92 Å². The minimum atomic E-state index is -0.787. The Morgan fingerprint density at radius 2 is 2.37 bits per heavy atom. The van der Waals surface area contributed by atoms with Crippen molar-refractivity contribution in [3.63, 3.8) is 0 Å². The van der Waals surface area contributed by atoms with Crippen molar-refractivity contribution in [1.29, 1.82) is 0 Å². The molecule has 0 atom stereocenters. The average molecular weight is 286 g/mol. The molecule has 0 aliphatic rings. The van der Waals surface area contributed by atoms with Crippen LogP contribution in [0.1, 0.15) is 32.4 Å². The number of carboxylic acid groups (broad SMARTS) is 1. The van der Waals surface area contributed by atoms with E-state index in [1.807, 2.05) is 5.38 Å². The van der Waals surface area contributed by atoms with E-state index in [9.17, 15) is 4.79 Å². The maximum absolute atomic E-state index is 10.4. The van der Waals surface area contributed by atoms with E-state index in [4.69, 9.17) is 9.84 Å². The Kier molecular flexibility index (Phi) is 7.43. The quantitative estimate of drug-likeness (QED) is 0.647. The van der Waals surface area contributed by atoms with E-state index in [1.165, 1.54) is 11.3 Å². The van der Waals surface area contributed by atoms with E-state index >= 15 is 0 Å². The molecule has 0 radical (unpaired) electrons. The number of anilines is 1. The second-order valence-electron chi connectivity index (χ2n) is 4.79. The molecule has 0 aliphatic carbocycles. The largest absolute Gasteiger partial charge is 0.481 e. The lowest BCUT2D eigenvalue weighted by atomic mass is 10.2. The number of aromatic nitrogens is 1. The molecule has 0 unspecified atom stereocenters. The Morgan fingerprint density at radius 1 is 1.58 bits per heavy atom. The Bertz CT molecular complexity index is 380. The highest BCUT2D eigenvalue weighted by Crippen LogP contribution is 2.16. The molecular formula is C13H22N2O3S. The molecule has 1 rings (SSSR count). The first-order chi connectivity index (χ1) is 9.08. The summed E-state index contributed by atoms with van der Waals surface area (Å²) < 4.78 is 5.48. The van der Waals surface area contributed by atoms with Crippen LogP contribution in [0.2, 0.25) is 0 Å². The summed E-state index contributed by atoms with van der Waals surface area (Å²) in [6.07, 6.45) is 1.56. The fraction of sp³-hybridized carbons (Fsp3) is 0.692. The summed E-state index contributed by atoms with van der Waals surface area (Å²) in [5, 5.41) is 14.6. The van der Waals surface area contributed by atoms with E-state index in [0.29, 0.717) is 12.3 Å². The van der Waals surface area contributed by atoms with Crippen LogP contribution in [0.3, 0.4) is 0 Å². The highest BCUT2D eigenvalue weighted by Gasteiger charge is 2.04. The van der Waals surface area contributed by atoms with Crippen molar-refractivity contribution in [3.8, 4) is 0 Å². The van der Waals surface area contributed by atoms with Gasteiger partial charge in [0.2, 0.25) is 0 Å². The number of nitrogens with zero attached hydrogens (tertiary/aromatic N) is 1. The van der Waals surface area contributed by atoms with Gasteiger partial charge in [-0.3, -0.25) is 4.79 Å². The number of rotatable bonds is 10. The summed E-state index contributed by atoms with van der Waals surface area (Å²) in [5.41, 5.74) is 0.839. The highest BCUT2D eigenvalue weighted by atomic mass is 32.1. The van der Waals surface area contributed by atoms with Gasteiger partial charge in [-0.15, -0.1) is 11.3 Å². The molecule has 0 bridgehead atoms. The fourth-order valence-electron chi connectivity index (χ4n) is 1.43. The first-order valence-electron chi connectivity index (χ1n) is 6.55. The monoisotopic (exact) mass is 286 g/mol. The van der Waals surface area contributed by atoms with Crippen LogP contribution in [0.15, 0.2) is 5.38 Å². The number of aliphatic carboxylic acids is 1. The molecule has 2 N–H and O–H groups in total. The number of hydrogen-bond donors (Lipinski definition) is 2. The predicted octanol–water partition coefficient (Wildman–Crippen LogP) is 2.63. The van der Waals surface area contributed by atoms with Crippen LogP contribution in [0, 0.1) is 5.92 Å². The Labute approximate surface area is 118 Å². The molecule has 5 nitrogen and oxygen atoms in total. The molecule has 108 valence electrons. The SMILES string of the molecule is CC(C)COCCCNc1nc(CCC(=O)O)cs1. The van der Waals surface area contributed by atoms with Gasteiger partial charge in [-0.25, -0.2) is 4.98 Å². The van der Waals surface area contributed by atoms with Gasteiger partial charge in [-0.05, 0) is 12.3 Å². The molecule has 0 aromatic carbocycles. The number of aryl methyl sites for hydroxylation is 1. The minimum Gasteiger partial charge on any atom is -0.481 e. The van der Waals surface area contributed by atoms with E-state index in [2.05, 4.69) is 24.1 Å². The summed E-state index contributed by atoms with van der Waals surface area (Å²) >= 11 is 1.51. The molecule has 1 aromatic rings. The van der Waals surface area contributed by atoms with Gasteiger partial charge in [-0.2, -0.15) is 0 Å². The van der Waals surface area contributed by atoms with Crippen LogP contribution in [0.5, 0.6) is 0 Å². The van der Waals surface area contributed by atoms with Gasteiger partial charge in [0.1, 0.15) is 0 Å². The summed E-state index contributed by atoms with van der Waals surface area (Å²) in [7, 11) is 0. The number of hydrogen-bond acceptors (Lipinski definition) is 5. The lowest BCUT2D eigenvalue weighted by Crippen LogP contribution is -2.08. The summed E-state index contributed by atoms with van der Waals surface area (Å²) in [5.74, 6) is -0.214. The van der Waals surface area contributed by atoms with Gasteiger partial charge in [-0.1, -0.05) is 13.8 Å². The van der Waals surface area contributed by atoms with Crippen LogP contribution < -0.4 is 5.32 Å². The Morgan fingerprint density at radius 3 is 3.05 bits per heavy atom. The predicted molar refractivity (Wildman–Crippen MR) is 76.8 cm³/mol. The Balaban J connectivity index is 2.11. The molecule has 0 aliphatic heterocycles. The molecule has 19 heavy (non-hydrogen) atoms. The van der Waals surface area contributed by atoms with Crippen LogP contribution in [-0.2, 0) is 16.0 Å². The normalized spacial score (nSPS) is 10.9. The number of ether oxygens (including phenoxy) is 1. The van der Waals surface area contributed by atoms with Crippen molar-refractivity contribution in [2.75, 3.05) is 25.1 Å². The van der Waals surface area contributed by atoms with Gasteiger partial charge < -0.3 is 15.2 Å². The highest BCUT2D eigenvalue weighted by molar-refractivity contribution is 7.13. The van der Waals surface area contributed by atoms with Crippen molar-refractivity contribution < 1.29 is 14.6 Å². The van der Waals surface area contributed by atoms with E-state index in [1.54, 1.807) is 0 Å². The van der Waals surface area contributed by atoms with Crippen molar-refractivity contribution in [1.82, 2.24) is 4.98 Å². The second kappa shape index (κ2) is 8.87. The van der Waals surface area contributed by atoms with Crippen LogP contribution in [0.4, 0.5) is 5.13 Å². The molecule has 0 saturated heterocycles. The third kappa shape index (κ3) is 7.79. The van der Waals surface area contributed by atoms with Gasteiger partial charge in [0, 0.05) is 31.6 Å². The smallest absolute Gasteiger partial charge is 0.303 e. The number of carboxylic acids is 1. The molecular weight excluding hydrogens is 264 g/mol. The lowest BCUT2D eigenvalue weighted by Gasteiger charge is -2.06. The summed E-state index contributed by atoms with van der Waals surface area (Å²) in [4.78, 5) is 14.8. The molecule has 0 saturated carbocycles. The van der Waals surface area contributed by atoms with Crippen molar-refractivity contribution in [2.45, 2.75) is 33.1 Å². The maximum atomic E-state index is 10.4. The molecule has 0 amide bonds. The molecule has 0 fully saturated rings. The van der Waals surface area contributed by atoms with Crippen LogP contribution in [0.25, 0.3) is 0 Å². The first kappa shape index (κ1) is 15.9. The maximum Gasteiger partial charge on any atom is 0.303 e. The lowest BCUT2D eigenvalue weighted by molar-refractivity contribution is -0.136. The summed E-state index contributed by atoms with van der Waals surface area (Å²) in [6, 6.07) is 0. The first-order valence-corrected chi connectivity index (χ1v) is 7.43.